The first-order valence-corrected chi connectivity index (χ1v) is 11.2. The number of hydrogen-bond donors (Lipinski definition) is 2. The van der Waals surface area contributed by atoms with Crippen molar-refractivity contribution >= 4 is 16.4 Å². The van der Waals surface area contributed by atoms with Crippen molar-refractivity contribution in [1.29, 1.82) is 0 Å². The molecule has 0 aromatic carbocycles. The molecule has 21 heavy (non-hydrogen) atoms. The quantitative estimate of drug-likeness (QED) is 0.418. The fourth-order valence-corrected chi connectivity index (χ4v) is 7.24. The molecule has 0 aliphatic carbocycles. The summed E-state index contributed by atoms with van der Waals surface area (Å²) in [5.74, 6) is 0. The highest BCUT2D eigenvalue weighted by molar-refractivity contribution is 7.51. The van der Waals surface area contributed by atoms with Crippen LogP contribution in [0.4, 0.5) is 0 Å². The summed E-state index contributed by atoms with van der Waals surface area (Å²) >= 11 is 0. The zero-order valence-corrected chi connectivity index (χ0v) is 15.8. The van der Waals surface area contributed by atoms with Crippen LogP contribution in [0.1, 0.15) is 53.9 Å². The third-order valence-corrected chi connectivity index (χ3v) is 8.96. The van der Waals surface area contributed by atoms with Crippen molar-refractivity contribution in [3.8, 4) is 0 Å². The zero-order valence-electron chi connectivity index (χ0n) is 13.9. The third-order valence-electron chi connectivity index (χ3n) is 3.89. The van der Waals surface area contributed by atoms with Crippen LogP contribution in [0.3, 0.4) is 0 Å². The lowest BCUT2D eigenvalue weighted by atomic mass is 9.99. The van der Waals surface area contributed by atoms with Gasteiger partial charge in [0, 0.05) is 24.9 Å². The van der Waals surface area contributed by atoms with Gasteiger partial charge in [0.05, 0.1) is 6.16 Å². The second-order valence-electron chi connectivity index (χ2n) is 4.98. The highest BCUT2D eigenvalue weighted by Crippen LogP contribution is 2.53. The minimum atomic E-state index is -4.06. The maximum atomic E-state index is 11.3. The summed E-state index contributed by atoms with van der Waals surface area (Å²) in [7, 11) is -7.08. The SMILES string of the molecule is CCO[Si](OCC)(OCC)C(CC)(CC)CCP(=O)(O)O. The summed E-state index contributed by atoms with van der Waals surface area (Å²) in [4.78, 5) is 18.5. The van der Waals surface area contributed by atoms with Gasteiger partial charge in [0.15, 0.2) is 0 Å². The second kappa shape index (κ2) is 9.40. The van der Waals surface area contributed by atoms with E-state index in [1.165, 1.54) is 0 Å². The molecule has 0 heterocycles. The molecule has 0 fully saturated rings. The van der Waals surface area contributed by atoms with Crippen LogP contribution in [0, 0.1) is 0 Å². The maximum Gasteiger partial charge on any atom is 0.507 e. The van der Waals surface area contributed by atoms with Crippen LogP contribution in [0.2, 0.25) is 5.04 Å². The molecule has 0 saturated carbocycles. The zero-order chi connectivity index (χ0) is 16.6. The van der Waals surface area contributed by atoms with E-state index in [2.05, 4.69) is 0 Å². The lowest BCUT2D eigenvalue weighted by Crippen LogP contribution is -2.56. The van der Waals surface area contributed by atoms with Gasteiger partial charge >= 0.3 is 16.4 Å². The smallest absolute Gasteiger partial charge is 0.373 e. The molecule has 0 amide bonds. The molecule has 0 aliphatic heterocycles. The fourth-order valence-electron chi connectivity index (χ4n) is 2.70. The summed E-state index contributed by atoms with van der Waals surface area (Å²) < 4.78 is 29.2. The standard InChI is InChI=1S/C13H31O6PSi/c1-6-13(7-2,11-12-20(14,15)16)21(17-8-3,18-9-4)19-10-5/h6-12H2,1-5H3,(H2,14,15,16). The molecule has 0 radical (unpaired) electrons. The normalized spacial score (nSPS) is 13.7. The first kappa shape index (κ1) is 21.2. The summed E-state index contributed by atoms with van der Waals surface area (Å²) in [6.45, 7) is 11.1. The van der Waals surface area contributed by atoms with Crippen molar-refractivity contribution in [2.24, 2.45) is 0 Å². The van der Waals surface area contributed by atoms with E-state index in [0.717, 1.165) is 0 Å². The summed E-state index contributed by atoms with van der Waals surface area (Å²) in [6.07, 6.45) is 1.58. The molecule has 0 saturated heterocycles. The van der Waals surface area contributed by atoms with Crippen LogP contribution >= 0.6 is 7.60 Å². The predicted octanol–water partition coefficient (Wildman–Crippen LogP) is 3.16. The highest BCUT2D eigenvalue weighted by Gasteiger charge is 2.59. The van der Waals surface area contributed by atoms with E-state index < -0.39 is 21.4 Å². The van der Waals surface area contributed by atoms with Gasteiger partial charge in [-0.05, 0) is 40.0 Å². The van der Waals surface area contributed by atoms with E-state index in [1.807, 2.05) is 34.6 Å². The van der Waals surface area contributed by atoms with Crippen molar-refractivity contribution < 1.29 is 27.6 Å². The van der Waals surface area contributed by atoms with E-state index in [4.69, 9.17) is 13.3 Å². The van der Waals surface area contributed by atoms with Crippen LogP contribution in [0.25, 0.3) is 0 Å². The lowest BCUT2D eigenvalue weighted by Gasteiger charge is -2.44. The van der Waals surface area contributed by atoms with Crippen LogP contribution in [0.5, 0.6) is 0 Å². The number of hydrogen-bond acceptors (Lipinski definition) is 4. The predicted molar refractivity (Wildman–Crippen MR) is 85.4 cm³/mol. The Bertz CT molecular complexity index is 312. The van der Waals surface area contributed by atoms with Crippen LogP contribution < -0.4 is 0 Å². The molecule has 8 heteroatoms. The largest absolute Gasteiger partial charge is 0.507 e. The van der Waals surface area contributed by atoms with Crippen molar-refractivity contribution in [2.75, 3.05) is 26.0 Å². The van der Waals surface area contributed by atoms with E-state index >= 15 is 0 Å². The maximum absolute atomic E-state index is 11.3. The molecule has 6 nitrogen and oxygen atoms in total. The van der Waals surface area contributed by atoms with Gasteiger partial charge in [0.2, 0.25) is 0 Å². The Morgan fingerprint density at radius 2 is 1.29 bits per heavy atom. The third kappa shape index (κ3) is 5.75. The Morgan fingerprint density at radius 3 is 1.52 bits per heavy atom. The van der Waals surface area contributed by atoms with Gasteiger partial charge < -0.3 is 23.1 Å². The van der Waals surface area contributed by atoms with Crippen LogP contribution in [-0.2, 0) is 17.8 Å². The van der Waals surface area contributed by atoms with Crippen LogP contribution in [0.15, 0.2) is 0 Å². The van der Waals surface area contributed by atoms with Gasteiger partial charge in [-0.25, -0.2) is 0 Å². The molecule has 0 atom stereocenters. The molecule has 0 aliphatic rings. The molecule has 0 spiro atoms. The Morgan fingerprint density at radius 1 is 0.905 bits per heavy atom. The lowest BCUT2D eigenvalue weighted by molar-refractivity contribution is 0.0390. The fraction of sp³-hybridized carbons (Fsp3) is 1.00. The molecule has 0 bridgehead atoms. The second-order valence-corrected chi connectivity index (χ2v) is 9.80. The van der Waals surface area contributed by atoms with Gasteiger partial charge in [-0.1, -0.05) is 13.8 Å². The van der Waals surface area contributed by atoms with E-state index in [1.54, 1.807) is 0 Å². The minimum Gasteiger partial charge on any atom is -0.373 e. The first-order chi connectivity index (χ1) is 9.76. The molecule has 128 valence electrons. The highest BCUT2D eigenvalue weighted by atomic mass is 31.2. The van der Waals surface area contributed by atoms with Gasteiger partial charge in [0.25, 0.3) is 0 Å². The molecular weight excluding hydrogens is 311 g/mol. The molecule has 0 aromatic rings. The van der Waals surface area contributed by atoms with Gasteiger partial charge in [0.1, 0.15) is 0 Å². The van der Waals surface area contributed by atoms with Crippen molar-refractivity contribution in [3.05, 3.63) is 0 Å². The van der Waals surface area contributed by atoms with Gasteiger partial charge in [-0.2, -0.15) is 0 Å². The van der Waals surface area contributed by atoms with E-state index in [0.29, 0.717) is 39.1 Å². The monoisotopic (exact) mass is 342 g/mol. The Balaban J connectivity index is 5.59. The topological polar surface area (TPSA) is 85.2 Å². The summed E-state index contributed by atoms with van der Waals surface area (Å²) in [6, 6.07) is 0. The van der Waals surface area contributed by atoms with Crippen molar-refractivity contribution in [2.45, 2.75) is 58.9 Å². The molecule has 0 rings (SSSR count). The van der Waals surface area contributed by atoms with Gasteiger partial charge in [-0.3, -0.25) is 4.57 Å². The Hall–Kier alpha value is 0.247. The van der Waals surface area contributed by atoms with Crippen LogP contribution in [-0.4, -0.2) is 44.6 Å². The van der Waals surface area contributed by atoms with Crippen molar-refractivity contribution in [1.82, 2.24) is 0 Å². The van der Waals surface area contributed by atoms with Gasteiger partial charge in [-0.15, -0.1) is 0 Å². The first-order valence-electron chi connectivity index (χ1n) is 7.72. The molecule has 0 aromatic heterocycles. The Kier molecular flexibility index (Phi) is 9.51. The number of rotatable bonds is 12. The van der Waals surface area contributed by atoms with E-state index in [9.17, 15) is 14.4 Å². The summed E-state index contributed by atoms with van der Waals surface area (Å²) in [5.41, 5.74) is 0. The van der Waals surface area contributed by atoms with E-state index in [-0.39, 0.29) is 6.16 Å². The molecule has 2 N–H and O–H groups in total. The summed E-state index contributed by atoms with van der Waals surface area (Å²) in [5, 5.41) is -0.462. The molecular formula is C13H31O6PSi. The average molecular weight is 342 g/mol. The van der Waals surface area contributed by atoms with Crippen molar-refractivity contribution in [3.63, 3.8) is 0 Å². The minimum absolute atomic E-state index is 0.170. The average Bonchev–Trinajstić information content (AvgIpc) is 2.40. The Labute approximate surface area is 129 Å². The molecule has 0 unspecified atom stereocenters.